The zero-order chi connectivity index (χ0) is 17.3. The van der Waals surface area contributed by atoms with Gasteiger partial charge in [0.15, 0.2) is 0 Å². The molecule has 3 unspecified atom stereocenters. The van der Waals surface area contributed by atoms with Gasteiger partial charge in [0.1, 0.15) is 5.78 Å². The molecule has 0 spiro atoms. The molecule has 0 bridgehead atoms. The Labute approximate surface area is 164 Å². The lowest BCUT2D eigenvalue weighted by atomic mass is 9.44. The smallest absolute Gasteiger partial charge is 0.146 e. The van der Waals surface area contributed by atoms with Gasteiger partial charge < -0.3 is 0 Å². The second kappa shape index (κ2) is 6.08. The van der Waals surface area contributed by atoms with Gasteiger partial charge in [-0.3, -0.25) is 4.79 Å². The molecule has 0 aromatic heterocycles. The lowest BCUT2D eigenvalue weighted by Gasteiger charge is -2.61. The van der Waals surface area contributed by atoms with Gasteiger partial charge in [-0.1, -0.05) is 52.6 Å². The van der Waals surface area contributed by atoms with Crippen LogP contribution in [0.1, 0.15) is 72.1 Å². The Balaban J connectivity index is 1.63. The van der Waals surface area contributed by atoms with Crippen molar-refractivity contribution in [3.63, 3.8) is 0 Å². The van der Waals surface area contributed by atoms with Crippen molar-refractivity contribution in [3.8, 4) is 0 Å². The van der Waals surface area contributed by atoms with E-state index in [0.717, 1.165) is 36.5 Å². The van der Waals surface area contributed by atoms with Crippen molar-refractivity contribution in [2.45, 2.75) is 81.8 Å². The van der Waals surface area contributed by atoms with E-state index in [-0.39, 0.29) is 4.83 Å². The van der Waals surface area contributed by atoms with Crippen molar-refractivity contribution in [2.75, 3.05) is 0 Å². The maximum Gasteiger partial charge on any atom is 0.146 e. The minimum atomic E-state index is 0.129. The number of carbonyl (C=O) groups is 1. The number of ketones is 1. The second-order valence-corrected chi connectivity index (χ2v) is 12.3. The molecule has 0 heterocycles. The highest BCUT2D eigenvalue weighted by Crippen LogP contribution is 2.68. The van der Waals surface area contributed by atoms with Crippen molar-refractivity contribution in [3.05, 3.63) is 0 Å². The van der Waals surface area contributed by atoms with Gasteiger partial charge in [0, 0.05) is 11.2 Å². The average molecular weight is 460 g/mol. The molecule has 0 aromatic carbocycles. The Kier molecular flexibility index (Phi) is 4.56. The van der Waals surface area contributed by atoms with Crippen LogP contribution >= 0.6 is 31.9 Å². The Bertz CT molecular complexity index is 532. The van der Waals surface area contributed by atoms with E-state index in [1.165, 1.54) is 38.5 Å². The molecule has 9 atom stereocenters. The monoisotopic (exact) mass is 458 g/mol. The van der Waals surface area contributed by atoms with E-state index in [9.17, 15) is 4.79 Å². The van der Waals surface area contributed by atoms with Crippen LogP contribution in [0.2, 0.25) is 0 Å². The number of halogens is 2. The van der Waals surface area contributed by atoms with E-state index in [1.807, 2.05) is 0 Å². The van der Waals surface area contributed by atoms with Crippen LogP contribution in [0.3, 0.4) is 0 Å². The van der Waals surface area contributed by atoms with Crippen molar-refractivity contribution >= 4 is 37.6 Å². The molecular formula is C21H32Br2O. The SMILES string of the molecule is CC(Br)[C@H]1CC[C@H]2[C@@H]3CCC4C(Br)C(=O)CC[C@]4(C)[C@H]3CC[C@]12C. The van der Waals surface area contributed by atoms with Gasteiger partial charge in [-0.2, -0.15) is 0 Å². The number of rotatable bonds is 1. The Morgan fingerprint density at radius 1 is 0.958 bits per heavy atom. The van der Waals surface area contributed by atoms with Crippen LogP contribution in [0.4, 0.5) is 0 Å². The quantitative estimate of drug-likeness (QED) is 0.416. The maximum absolute atomic E-state index is 12.3. The van der Waals surface area contributed by atoms with Gasteiger partial charge in [-0.05, 0) is 85.4 Å². The van der Waals surface area contributed by atoms with Crippen molar-refractivity contribution in [1.29, 1.82) is 0 Å². The van der Waals surface area contributed by atoms with E-state index in [0.29, 0.717) is 27.4 Å². The molecule has 4 rings (SSSR count). The Morgan fingerprint density at radius 3 is 2.33 bits per heavy atom. The number of Topliss-reactive ketones (excluding diaryl/α,β-unsaturated/α-hetero) is 1. The minimum absolute atomic E-state index is 0.129. The fourth-order valence-electron chi connectivity index (χ4n) is 7.89. The Morgan fingerprint density at radius 2 is 1.62 bits per heavy atom. The molecule has 0 aliphatic heterocycles. The third-order valence-electron chi connectivity index (χ3n) is 9.14. The summed E-state index contributed by atoms with van der Waals surface area (Å²) >= 11 is 7.71. The highest BCUT2D eigenvalue weighted by atomic mass is 79.9. The predicted octanol–water partition coefficient (Wildman–Crippen LogP) is 6.37. The van der Waals surface area contributed by atoms with Crippen molar-refractivity contribution in [2.24, 2.45) is 40.4 Å². The molecule has 24 heavy (non-hydrogen) atoms. The highest BCUT2D eigenvalue weighted by Gasteiger charge is 2.61. The van der Waals surface area contributed by atoms with E-state index < -0.39 is 0 Å². The van der Waals surface area contributed by atoms with E-state index in [2.05, 4.69) is 52.6 Å². The van der Waals surface area contributed by atoms with Gasteiger partial charge in [0.2, 0.25) is 0 Å². The standard InChI is InChI=1S/C21H32Br2O/c1-12(22)14-6-7-15-13-4-5-17-19(23)18(24)9-11-21(17,3)16(13)8-10-20(14,15)2/h12-17,19H,4-11H2,1-3H3/t12?,13-,14+,15-,16-,17?,19?,20+,21+/m0/s1. The molecule has 0 aromatic rings. The Hall–Kier alpha value is 0.630. The summed E-state index contributed by atoms with van der Waals surface area (Å²) in [6.07, 6.45) is 10.2. The molecule has 0 radical (unpaired) electrons. The topological polar surface area (TPSA) is 17.1 Å². The van der Waals surface area contributed by atoms with E-state index in [1.54, 1.807) is 0 Å². The summed E-state index contributed by atoms with van der Waals surface area (Å²) in [6.45, 7) is 7.51. The third kappa shape index (κ3) is 2.38. The largest absolute Gasteiger partial charge is 0.298 e. The molecule has 1 nitrogen and oxygen atoms in total. The van der Waals surface area contributed by atoms with Gasteiger partial charge in [0.25, 0.3) is 0 Å². The zero-order valence-corrected chi connectivity index (χ0v) is 18.5. The maximum atomic E-state index is 12.3. The summed E-state index contributed by atoms with van der Waals surface area (Å²) in [5.41, 5.74) is 0.940. The van der Waals surface area contributed by atoms with E-state index in [4.69, 9.17) is 0 Å². The summed E-state index contributed by atoms with van der Waals surface area (Å²) in [7, 11) is 0. The first-order chi connectivity index (χ1) is 11.3. The molecule has 0 N–H and O–H groups in total. The number of hydrogen-bond donors (Lipinski definition) is 0. The van der Waals surface area contributed by atoms with E-state index >= 15 is 0 Å². The van der Waals surface area contributed by atoms with Crippen LogP contribution in [0.5, 0.6) is 0 Å². The predicted molar refractivity (Wildman–Crippen MR) is 107 cm³/mol. The number of fused-ring (bicyclic) bond motifs is 5. The van der Waals surface area contributed by atoms with Crippen LogP contribution in [0.25, 0.3) is 0 Å². The summed E-state index contributed by atoms with van der Waals surface area (Å²) in [5, 5.41) is 0. The normalized spacial score (nSPS) is 55.5. The van der Waals surface area contributed by atoms with Gasteiger partial charge in [-0.25, -0.2) is 0 Å². The van der Waals surface area contributed by atoms with Crippen LogP contribution in [-0.2, 0) is 4.79 Å². The molecule has 3 heteroatoms. The van der Waals surface area contributed by atoms with Crippen molar-refractivity contribution in [1.82, 2.24) is 0 Å². The number of carbonyl (C=O) groups excluding carboxylic acids is 1. The molecular weight excluding hydrogens is 428 g/mol. The molecule has 4 aliphatic rings. The molecule has 4 fully saturated rings. The minimum Gasteiger partial charge on any atom is -0.298 e. The first-order valence-electron chi connectivity index (χ1n) is 10.1. The molecule has 4 aliphatic carbocycles. The fraction of sp³-hybridized carbons (Fsp3) is 0.952. The molecule has 136 valence electrons. The summed E-state index contributed by atoms with van der Waals surface area (Å²) < 4.78 is 0. The lowest BCUT2D eigenvalue weighted by molar-refractivity contribution is -0.137. The molecule has 0 saturated heterocycles. The second-order valence-electron chi connectivity index (χ2n) is 9.84. The third-order valence-corrected chi connectivity index (χ3v) is 10.9. The zero-order valence-electron chi connectivity index (χ0n) is 15.4. The van der Waals surface area contributed by atoms with Crippen LogP contribution in [0, 0.1) is 40.4 Å². The summed E-state index contributed by atoms with van der Waals surface area (Å²) in [5.74, 6) is 4.58. The van der Waals surface area contributed by atoms with Gasteiger partial charge in [-0.15, -0.1) is 0 Å². The van der Waals surface area contributed by atoms with Gasteiger partial charge >= 0.3 is 0 Å². The molecule has 0 amide bonds. The number of alkyl halides is 2. The average Bonchev–Trinajstić information content (AvgIpc) is 2.89. The van der Waals surface area contributed by atoms with Crippen LogP contribution < -0.4 is 0 Å². The highest BCUT2D eigenvalue weighted by molar-refractivity contribution is 9.10. The lowest BCUT2D eigenvalue weighted by Crippen LogP contribution is -2.56. The molecule has 4 saturated carbocycles. The fourth-order valence-corrected chi connectivity index (χ4v) is 9.85. The van der Waals surface area contributed by atoms with Crippen molar-refractivity contribution < 1.29 is 4.79 Å². The summed E-state index contributed by atoms with van der Waals surface area (Å²) in [6, 6.07) is 0. The van der Waals surface area contributed by atoms with Gasteiger partial charge in [0.05, 0.1) is 4.83 Å². The first kappa shape index (κ1) is 18.0. The summed E-state index contributed by atoms with van der Waals surface area (Å²) in [4.78, 5) is 13.0. The van der Waals surface area contributed by atoms with Crippen LogP contribution in [0.15, 0.2) is 0 Å². The first-order valence-corrected chi connectivity index (χ1v) is 11.9. The van der Waals surface area contributed by atoms with Crippen LogP contribution in [-0.4, -0.2) is 15.4 Å². The number of hydrogen-bond acceptors (Lipinski definition) is 1.